The molecule has 0 bridgehead atoms. The topological polar surface area (TPSA) is 67.2 Å². The maximum absolute atomic E-state index is 11.2. The van der Waals surface area contributed by atoms with Crippen LogP contribution in [0.3, 0.4) is 0 Å². The Hall–Kier alpha value is -1.28. The maximum atomic E-state index is 11.2. The Kier molecular flexibility index (Phi) is 4.87. The standard InChI is InChI=1S/C14H16N2O3.Li/c17-14(18)13-15-11-3-1-2-4-12(11)16(13)9-10-5-7-19-8-6-10;/h1-4,10H,5-9H2,(H,17,18);/q;+1/p-1. The molecule has 1 aliphatic rings. The molecule has 0 unspecified atom stereocenters. The first-order valence-corrected chi connectivity index (χ1v) is 6.50. The number of ether oxygens (including phenoxy) is 1. The van der Waals surface area contributed by atoms with Crippen molar-refractivity contribution >= 4 is 17.0 Å². The average Bonchev–Trinajstić information content (AvgIpc) is 2.79. The van der Waals surface area contributed by atoms with Gasteiger partial charge in [0.2, 0.25) is 0 Å². The number of para-hydroxylation sites is 2. The van der Waals surface area contributed by atoms with Crippen LogP contribution in [0.15, 0.2) is 24.3 Å². The number of carbonyl (C=O) groups is 1. The van der Waals surface area contributed by atoms with Gasteiger partial charge in [0.15, 0.2) is 5.82 Å². The average molecular weight is 266 g/mol. The first kappa shape index (κ1) is 15.1. The van der Waals surface area contributed by atoms with E-state index in [2.05, 4.69) is 4.98 Å². The molecule has 0 amide bonds. The first-order valence-electron chi connectivity index (χ1n) is 6.50. The molecule has 3 rings (SSSR count). The zero-order valence-electron chi connectivity index (χ0n) is 11.5. The number of carbonyl (C=O) groups excluding carboxylic acids is 1. The minimum atomic E-state index is -1.22. The number of aromatic carboxylic acids is 1. The van der Waals surface area contributed by atoms with E-state index in [1.54, 1.807) is 4.57 Å². The molecule has 1 aliphatic heterocycles. The fourth-order valence-corrected chi connectivity index (χ4v) is 2.60. The van der Waals surface area contributed by atoms with Crippen molar-refractivity contribution in [3.8, 4) is 0 Å². The van der Waals surface area contributed by atoms with Gasteiger partial charge in [0, 0.05) is 19.8 Å². The van der Waals surface area contributed by atoms with Gasteiger partial charge in [-0.25, -0.2) is 4.98 Å². The molecule has 0 N–H and O–H groups in total. The normalized spacial score (nSPS) is 16.0. The largest absolute Gasteiger partial charge is 1.00 e. The van der Waals surface area contributed by atoms with Crippen LogP contribution in [0.2, 0.25) is 0 Å². The second kappa shape index (κ2) is 6.45. The van der Waals surface area contributed by atoms with Crippen LogP contribution in [-0.2, 0) is 11.3 Å². The summed E-state index contributed by atoms with van der Waals surface area (Å²) in [7, 11) is 0. The van der Waals surface area contributed by atoms with Crippen molar-refractivity contribution in [3.05, 3.63) is 30.1 Å². The van der Waals surface area contributed by atoms with Crippen LogP contribution in [0.5, 0.6) is 0 Å². The number of imidazole rings is 1. The smallest absolute Gasteiger partial charge is 0.542 e. The summed E-state index contributed by atoms with van der Waals surface area (Å²) in [6, 6.07) is 7.47. The Morgan fingerprint density at radius 3 is 2.75 bits per heavy atom. The van der Waals surface area contributed by atoms with Gasteiger partial charge < -0.3 is 19.2 Å². The number of carboxylic acids is 1. The predicted octanol–water partition coefficient (Wildman–Crippen LogP) is -2.17. The number of carboxylic acid groups (broad SMARTS) is 1. The third-order valence-corrected chi connectivity index (χ3v) is 3.62. The summed E-state index contributed by atoms with van der Waals surface area (Å²) >= 11 is 0. The van der Waals surface area contributed by atoms with Crippen LogP contribution in [0.1, 0.15) is 23.5 Å². The SMILES string of the molecule is O=C([O-])c1nc2ccccc2n1CC1CCOCC1.[Li+]. The van der Waals surface area contributed by atoms with Gasteiger partial charge >= 0.3 is 18.9 Å². The molecule has 5 nitrogen and oxygen atoms in total. The van der Waals surface area contributed by atoms with Crippen LogP contribution in [0.25, 0.3) is 11.0 Å². The number of rotatable bonds is 3. The summed E-state index contributed by atoms with van der Waals surface area (Å²) in [4.78, 5) is 15.4. The number of hydrogen-bond donors (Lipinski definition) is 0. The van der Waals surface area contributed by atoms with Crippen molar-refractivity contribution in [2.24, 2.45) is 5.92 Å². The van der Waals surface area contributed by atoms with Crippen LogP contribution < -0.4 is 24.0 Å². The molecule has 100 valence electrons. The van der Waals surface area contributed by atoms with E-state index in [1.807, 2.05) is 24.3 Å². The number of hydrogen-bond acceptors (Lipinski definition) is 4. The Morgan fingerprint density at radius 1 is 1.35 bits per heavy atom. The Bertz CT molecular complexity index is 605. The molecule has 0 spiro atoms. The summed E-state index contributed by atoms with van der Waals surface area (Å²) in [5.74, 6) is -0.764. The Balaban J connectivity index is 0.00000147. The zero-order chi connectivity index (χ0) is 13.2. The van der Waals surface area contributed by atoms with E-state index in [0.29, 0.717) is 18.0 Å². The van der Waals surface area contributed by atoms with Gasteiger partial charge in [-0.15, -0.1) is 0 Å². The minimum Gasteiger partial charge on any atom is -0.542 e. The third kappa shape index (κ3) is 2.90. The van der Waals surface area contributed by atoms with E-state index in [1.165, 1.54) is 0 Å². The molecular formula is C14H15LiN2O3. The number of fused-ring (bicyclic) bond motifs is 1. The van der Waals surface area contributed by atoms with Gasteiger partial charge in [-0.2, -0.15) is 0 Å². The van der Waals surface area contributed by atoms with Crippen molar-refractivity contribution in [2.45, 2.75) is 19.4 Å². The molecule has 6 heteroatoms. The number of benzene rings is 1. The molecule has 2 heterocycles. The molecule has 20 heavy (non-hydrogen) atoms. The first-order chi connectivity index (χ1) is 9.25. The fourth-order valence-electron chi connectivity index (χ4n) is 2.60. The molecule has 0 aliphatic carbocycles. The summed E-state index contributed by atoms with van der Waals surface area (Å²) in [6.45, 7) is 2.16. The van der Waals surface area contributed by atoms with E-state index >= 15 is 0 Å². The van der Waals surface area contributed by atoms with Crippen molar-refractivity contribution in [1.82, 2.24) is 9.55 Å². The van der Waals surface area contributed by atoms with E-state index in [-0.39, 0.29) is 24.7 Å². The second-order valence-electron chi connectivity index (χ2n) is 4.88. The van der Waals surface area contributed by atoms with Crippen molar-refractivity contribution in [1.29, 1.82) is 0 Å². The summed E-state index contributed by atoms with van der Waals surface area (Å²) < 4.78 is 7.10. The van der Waals surface area contributed by atoms with Gasteiger partial charge in [0.05, 0.1) is 11.0 Å². The van der Waals surface area contributed by atoms with Gasteiger partial charge in [-0.1, -0.05) is 12.1 Å². The maximum Gasteiger partial charge on any atom is 1.00 e. The Morgan fingerprint density at radius 2 is 2.05 bits per heavy atom. The van der Waals surface area contributed by atoms with Crippen LogP contribution >= 0.6 is 0 Å². The molecule has 0 saturated carbocycles. The van der Waals surface area contributed by atoms with Gasteiger partial charge in [-0.05, 0) is 30.9 Å². The second-order valence-corrected chi connectivity index (χ2v) is 4.88. The van der Waals surface area contributed by atoms with Gasteiger partial charge in [0.1, 0.15) is 5.97 Å². The quantitative estimate of drug-likeness (QED) is 0.593. The van der Waals surface area contributed by atoms with Gasteiger partial charge in [-0.3, -0.25) is 0 Å². The van der Waals surface area contributed by atoms with Crippen molar-refractivity contribution in [3.63, 3.8) is 0 Å². The summed E-state index contributed by atoms with van der Waals surface area (Å²) in [6.07, 6.45) is 1.91. The predicted molar refractivity (Wildman–Crippen MR) is 67.6 cm³/mol. The summed E-state index contributed by atoms with van der Waals surface area (Å²) in [5, 5.41) is 11.2. The molecule has 1 aromatic heterocycles. The number of nitrogens with zero attached hydrogens (tertiary/aromatic N) is 2. The van der Waals surface area contributed by atoms with E-state index < -0.39 is 5.97 Å². The van der Waals surface area contributed by atoms with Crippen LogP contribution in [-0.4, -0.2) is 28.7 Å². The number of aromatic nitrogens is 2. The van der Waals surface area contributed by atoms with Crippen LogP contribution in [0, 0.1) is 5.92 Å². The van der Waals surface area contributed by atoms with Gasteiger partial charge in [0.25, 0.3) is 0 Å². The van der Waals surface area contributed by atoms with E-state index in [0.717, 1.165) is 31.6 Å². The molecular weight excluding hydrogens is 251 g/mol. The van der Waals surface area contributed by atoms with Crippen molar-refractivity contribution < 1.29 is 33.5 Å². The zero-order valence-corrected chi connectivity index (χ0v) is 11.5. The van der Waals surface area contributed by atoms with Crippen molar-refractivity contribution in [2.75, 3.05) is 13.2 Å². The molecule has 1 fully saturated rings. The Labute approximate surface area is 129 Å². The monoisotopic (exact) mass is 266 g/mol. The molecule has 0 radical (unpaired) electrons. The minimum absolute atomic E-state index is 0. The molecule has 0 atom stereocenters. The summed E-state index contributed by atoms with van der Waals surface area (Å²) in [5.41, 5.74) is 1.56. The van der Waals surface area contributed by atoms with E-state index in [4.69, 9.17) is 4.74 Å². The third-order valence-electron chi connectivity index (χ3n) is 3.62. The molecule has 1 saturated heterocycles. The van der Waals surface area contributed by atoms with E-state index in [9.17, 15) is 9.90 Å². The fraction of sp³-hybridized carbons (Fsp3) is 0.429. The molecule has 1 aromatic carbocycles. The molecule has 2 aromatic rings. The van der Waals surface area contributed by atoms with Crippen LogP contribution in [0.4, 0.5) is 0 Å².